The van der Waals surface area contributed by atoms with Gasteiger partial charge in [-0.05, 0) is 34.1 Å². The molecule has 2 N–H and O–H groups in total. The lowest BCUT2D eigenvalue weighted by Gasteiger charge is -2.02. The summed E-state index contributed by atoms with van der Waals surface area (Å²) < 4.78 is 0.711. The molecule has 0 amide bonds. The summed E-state index contributed by atoms with van der Waals surface area (Å²) in [5.74, 6) is -1.02. The lowest BCUT2D eigenvalue weighted by molar-refractivity contribution is 0.0692. The number of aromatic amines is 1. The molecule has 6 heteroatoms. The van der Waals surface area contributed by atoms with Crippen LogP contribution in [0.15, 0.2) is 41.1 Å². The number of halogens is 2. The van der Waals surface area contributed by atoms with Crippen LogP contribution in [0.4, 0.5) is 0 Å². The van der Waals surface area contributed by atoms with E-state index in [1.54, 1.807) is 30.6 Å². The highest BCUT2D eigenvalue weighted by Crippen LogP contribution is 2.36. The number of fused-ring (bicyclic) bond motifs is 1. The zero-order valence-electron chi connectivity index (χ0n) is 10.0. The van der Waals surface area contributed by atoms with E-state index >= 15 is 0 Å². The number of hydrogen-bond donors (Lipinski definition) is 2. The van der Waals surface area contributed by atoms with Crippen molar-refractivity contribution in [2.75, 3.05) is 0 Å². The molecule has 0 saturated heterocycles. The maximum Gasteiger partial charge on any atom is 0.352 e. The predicted molar refractivity (Wildman–Crippen MR) is 81.2 cm³/mol. The van der Waals surface area contributed by atoms with E-state index in [9.17, 15) is 9.90 Å². The first-order chi connectivity index (χ1) is 9.58. The van der Waals surface area contributed by atoms with Gasteiger partial charge in [0.2, 0.25) is 0 Å². The van der Waals surface area contributed by atoms with Crippen molar-refractivity contribution in [1.29, 1.82) is 0 Å². The number of aromatic nitrogens is 2. The smallest absolute Gasteiger partial charge is 0.352 e. The summed E-state index contributed by atoms with van der Waals surface area (Å²) in [6.07, 6.45) is 3.27. The average Bonchev–Trinajstić information content (AvgIpc) is 2.79. The summed E-state index contributed by atoms with van der Waals surface area (Å²) in [5, 5.41) is 10.7. The second kappa shape index (κ2) is 4.92. The zero-order chi connectivity index (χ0) is 14.3. The monoisotopic (exact) mass is 350 g/mol. The fourth-order valence-electron chi connectivity index (χ4n) is 2.16. The fraction of sp³-hybridized carbons (Fsp3) is 0. The van der Waals surface area contributed by atoms with Gasteiger partial charge in [-0.15, -0.1) is 0 Å². The fourth-order valence-corrected chi connectivity index (χ4v) is 2.67. The van der Waals surface area contributed by atoms with Gasteiger partial charge in [0.25, 0.3) is 0 Å². The van der Waals surface area contributed by atoms with Crippen LogP contribution in [0, 0.1) is 0 Å². The number of H-pyrrole nitrogens is 1. The Morgan fingerprint density at radius 2 is 2.20 bits per heavy atom. The van der Waals surface area contributed by atoms with Gasteiger partial charge in [-0.1, -0.05) is 17.7 Å². The standard InChI is InChI=1S/C14H8BrClN2O2/c15-9-5-11-8(4-10(9)16)12(13(18-11)14(19)20)7-2-1-3-17-6-7/h1-6,18H,(H,19,20). The van der Waals surface area contributed by atoms with Crippen LogP contribution in [0.5, 0.6) is 0 Å². The highest BCUT2D eigenvalue weighted by Gasteiger charge is 2.19. The van der Waals surface area contributed by atoms with E-state index in [0.717, 1.165) is 10.9 Å². The van der Waals surface area contributed by atoms with Crippen LogP contribution >= 0.6 is 27.5 Å². The molecular formula is C14H8BrClN2O2. The highest BCUT2D eigenvalue weighted by molar-refractivity contribution is 9.10. The van der Waals surface area contributed by atoms with Crippen molar-refractivity contribution in [3.8, 4) is 11.1 Å². The molecule has 0 unspecified atom stereocenters. The number of pyridine rings is 1. The van der Waals surface area contributed by atoms with Crippen LogP contribution in [-0.4, -0.2) is 21.0 Å². The summed E-state index contributed by atoms with van der Waals surface area (Å²) in [7, 11) is 0. The molecule has 0 fully saturated rings. The second-order valence-corrected chi connectivity index (χ2v) is 5.50. The third-order valence-electron chi connectivity index (χ3n) is 3.00. The maximum atomic E-state index is 11.4. The van der Waals surface area contributed by atoms with Gasteiger partial charge in [0.05, 0.1) is 5.02 Å². The Kier molecular flexibility index (Phi) is 3.23. The minimum atomic E-state index is -1.02. The van der Waals surface area contributed by atoms with Crippen molar-refractivity contribution in [2.24, 2.45) is 0 Å². The topological polar surface area (TPSA) is 66.0 Å². The Balaban J connectivity index is 2.41. The number of nitrogens with zero attached hydrogens (tertiary/aromatic N) is 1. The Bertz CT molecular complexity index is 815. The third-order valence-corrected chi connectivity index (χ3v) is 4.20. The molecule has 0 bridgehead atoms. The van der Waals surface area contributed by atoms with Crippen LogP contribution in [0.25, 0.3) is 22.0 Å². The van der Waals surface area contributed by atoms with Crippen LogP contribution in [0.2, 0.25) is 5.02 Å². The van der Waals surface area contributed by atoms with Gasteiger partial charge in [-0.3, -0.25) is 4.98 Å². The molecule has 0 spiro atoms. The molecule has 2 aromatic heterocycles. The van der Waals surface area contributed by atoms with Gasteiger partial charge < -0.3 is 10.1 Å². The first-order valence-electron chi connectivity index (χ1n) is 5.72. The molecule has 3 rings (SSSR count). The van der Waals surface area contributed by atoms with Crippen molar-refractivity contribution in [2.45, 2.75) is 0 Å². The summed E-state index contributed by atoms with van der Waals surface area (Å²) in [4.78, 5) is 18.4. The molecule has 0 aliphatic carbocycles. The maximum absolute atomic E-state index is 11.4. The number of benzene rings is 1. The molecule has 3 aromatic rings. The molecule has 1 aromatic carbocycles. The van der Waals surface area contributed by atoms with E-state index in [4.69, 9.17) is 11.6 Å². The highest BCUT2D eigenvalue weighted by atomic mass is 79.9. The lowest BCUT2D eigenvalue weighted by atomic mass is 10.0. The number of rotatable bonds is 2. The number of carbonyl (C=O) groups is 1. The molecule has 100 valence electrons. The molecule has 0 atom stereocenters. The summed E-state index contributed by atoms with van der Waals surface area (Å²) >= 11 is 9.44. The van der Waals surface area contributed by atoms with Crippen LogP contribution in [-0.2, 0) is 0 Å². The van der Waals surface area contributed by atoms with E-state index in [-0.39, 0.29) is 5.69 Å². The van der Waals surface area contributed by atoms with Crippen LogP contribution in [0.1, 0.15) is 10.5 Å². The second-order valence-electron chi connectivity index (χ2n) is 4.23. The van der Waals surface area contributed by atoms with E-state index in [1.165, 1.54) is 0 Å². The van der Waals surface area contributed by atoms with Gasteiger partial charge in [0, 0.05) is 38.9 Å². The average molecular weight is 352 g/mol. The lowest BCUT2D eigenvalue weighted by Crippen LogP contribution is -1.98. The van der Waals surface area contributed by atoms with E-state index in [1.807, 2.05) is 6.07 Å². The van der Waals surface area contributed by atoms with Gasteiger partial charge in [0.15, 0.2) is 0 Å². The van der Waals surface area contributed by atoms with Gasteiger partial charge >= 0.3 is 5.97 Å². The summed E-state index contributed by atoms with van der Waals surface area (Å²) in [6, 6.07) is 7.09. The van der Waals surface area contributed by atoms with E-state index in [0.29, 0.717) is 20.6 Å². The summed E-state index contributed by atoms with van der Waals surface area (Å²) in [5.41, 5.74) is 2.16. The SMILES string of the molecule is O=C(O)c1[nH]c2cc(Br)c(Cl)cc2c1-c1cccnc1. The van der Waals surface area contributed by atoms with E-state index < -0.39 is 5.97 Å². The van der Waals surface area contributed by atoms with Crippen molar-refractivity contribution < 1.29 is 9.90 Å². The normalized spacial score (nSPS) is 10.9. The van der Waals surface area contributed by atoms with E-state index in [2.05, 4.69) is 25.9 Å². The van der Waals surface area contributed by atoms with Crippen LogP contribution in [0.3, 0.4) is 0 Å². The minimum Gasteiger partial charge on any atom is -0.477 e. The number of aromatic carboxylic acids is 1. The quantitative estimate of drug-likeness (QED) is 0.721. The zero-order valence-corrected chi connectivity index (χ0v) is 12.4. The molecule has 0 saturated carbocycles. The molecule has 4 nitrogen and oxygen atoms in total. The van der Waals surface area contributed by atoms with Crippen molar-refractivity contribution in [3.63, 3.8) is 0 Å². The molecule has 2 heterocycles. The van der Waals surface area contributed by atoms with Gasteiger partial charge in [-0.25, -0.2) is 4.79 Å². The predicted octanol–water partition coefficient (Wildman–Crippen LogP) is 4.34. The molecule has 0 aliphatic heterocycles. The third kappa shape index (κ3) is 2.09. The molecular weight excluding hydrogens is 344 g/mol. The van der Waals surface area contributed by atoms with Crippen molar-refractivity contribution in [3.05, 3.63) is 51.8 Å². The molecule has 0 radical (unpaired) electrons. The van der Waals surface area contributed by atoms with Crippen molar-refractivity contribution >= 4 is 44.4 Å². The summed E-state index contributed by atoms with van der Waals surface area (Å²) in [6.45, 7) is 0. The van der Waals surface area contributed by atoms with Crippen molar-refractivity contribution in [1.82, 2.24) is 9.97 Å². The number of hydrogen-bond acceptors (Lipinski definition) is 2. The Labute approximate surface area is 127 Å². The number of nitrogens with one attached hydrogen (secondary N) is 1. The first kappa shape index (κ1) is 13.1. The number of carboxylic acids is 1. The number of carboxylic acid groups (broad SMARTS) is 1. The van der Waals surface area contributed by atoms with Gasteiger partial charge in [-0.2, -0.15) is 0 Å². The minimum absolute atomic E-state index is 0.127. The first-order valence-corrected chi connectivity index (χ1v) is 6.89. The van der Waals surface area contributed by atoms with Crippen LogP contribution < -0.4 is 0 Å². The molecule has 20 heavy (non-hydrogen) atoms. The Morgan fingerprint density at radius 1 is 1.40 bits per heavy atom. The van der Waals surface area contributed by atoms with Gasteiger partial charge in [0.1, 0.15) is 5.69 Å². The largest absolute Gasteiger partial charge is 0.477 e. The Morgan fingerprint density at radius 3 is 2.85 bits per heavy atom. The Hall–Kier alpha value is -1.85. The molecule has 0 aliphatic rings.